The largest absolute Gasteiger partial charge is 2.00 e. The van der Waals surface area contributed by atoms with Gasteiger partial charge >= 0.3 is 37.7 Å². The molecule has 0 radical (unpaired) electrons. The number of carbonyl (C=O) groups excluding carboxylic acids is 2. The number of hydrogen-bond acceptors (Lipinski definition) is 6. The van der Waals surface area contributed by atoms with Crippen molar-refractivity contribution in [2.45, 2.75) is 6.42 Å². The smallest absolute Gasteiger partial charge is 0.545 e. The average Bonchev–Trinajstić information content (AvgIpc) is 2.70. The molecule has 0 fully saturated rings. The summed E-state index contributed by atoms with van der Waals surface area (Å²) < 4.78 is 0. The van der Waals surface area contributed by atoms with Gasteiger partial charge in [0.05, 0.1) is 11.9 Å². The van der Waals surface area contributed by atoms with Crippen LogP contribution in [0.3, 0.4) is 0 Å². The topological polar surface area (TPSA) is 121 Å². The van der Waals surface area contributed by atoms with E-state index in [2.05, 4.69) is 18.7 Å². The van der Waals surface area contributed by atoms with Gasteiger partial charge in [-0.25, -0.2) is 0 Å². The number of rotatable bonds is 4. The van der Waals surface area contributed by atoms with Crippen LogP contribution in [0.4, 0.5) is 0 Å². The maximum Gasteiger partial charge on any atom is 2.00 e. The molecule has 0 amide bonds. The molecule has 0 aliphatic heterocycles. The van der Waals surface area contributed by atoms with Gasteiger partial charge in [-0.3, -0.25) is 0 Å². The van der Waals surface area contributed by atoms with Crippen LogP contribution in [0.1, 0.15) is 26.3 Å². The van der Waals surface area contributed by atoms with E-state index in [0.717, 1.165) is 6.42 Å². The number of allylic oxidation sites excluding steroid dienone is 1. The van der Waals surface area contributed by atoms with Gasteiger partial charge in [0.2, 0.25) is 0 Å². The van der Waals surface area contributed by atoms with Crippen molar-refractivity contribution in [3.8, 4) is 11.5 Å². The second-order valence-electron chi connectivity index (χ2n) is 5.59. The Morgan fingerprint density at radius 2 is 1.10 bits per heavy atom. The number of hydrogen-bond donors (Lipinski definition) is 2. The molecule has 0 heterocycles. The molecular formula is C23H20CaO6. The standard InChI is InChI=1S/C9H10.2C7H6O3.Ca/c1-2-6-9-7-4-3-5-8-9;2*8-6-4-2-1-3-5(6)7(9)10;/h2-5,7-8H,1,6H2;2*1-4,8H,(H,9,10);/q;;;+2/p-2. The normalized spacial score (nSPS) is 8.80. The second-order valence-corrected chi connectivity index (χ2v) is 5.59. The van der Waals surface area contributed by atoms with Crippen LogP contribution in [0, 0.1) is 0 Å². The summed E-state index contributed by atoms with van der Waals surface area (Å²) in [5.74, 6) is -3.25. The third-order valence-corrected chi connectivity index (χ3v) is 3.47. The zero-order valence-corrected chi connectivity index (χ0v) is 18.4. The molecular weight excluding hydrogens is 412 g/mol. The number of aromatic hydroxyl groups is 2. The van der Waals surface area contributed by atoms with Gasteiger partial charge in [0, 0.05) is 11.1 Å². The Balaban J connectivity index is 0.000000414. The molecule has 30 heavy (non-hydrogen) atoms. The first-order chi connectivity index (χ1) is 13.9. The molecule has 7 heteroatoms. The Bertz CT molecular complexity index is 886. The Morgan fingerprint density at radius 3 is 1.40 bits per heavy atom. The number of carboxylic acids is 2. The van der Waals surface area contributed by atoms with E-state index in [0.29, 0.717) is 0 Å². The van der Waals surface area contributed by atoms with Gasteiger partial charge in [-0.05, 0) is 36.2 Å². The Morgan fingerprint density at radius 1 is 0.733 bits per heavy atom. The number of carbonyl (C=O) groups is 2. The first-order valence-electron chi connectivity index (χ1n) is 8.50. The van der Waals surface area contributed by atoms with Crippen molar-refractivity contribution >= 4 is 49.7 Å². The molecule has 150 valence electrons. The zero-order valence-electron chi connectivity index (χ0n) is 16.2. The zero-order chi connectivity index (χ0) is 21.6. The van der Waals surface area contributed by atoms with Crippen LogP contribution in [-0.4, -0.2) is 59.9 Å². The molecule has 0 spiro atoms. The van der Waals surface area contributed by atoms with E-state index in [1.165, 1.54) is 42.0 Å². The third kappa shape index (κ3) is 10.1. The maximum absolute atomic E-state index is 10.2. The number of para-hydroxylation sites is 2. The summed E-state index contributed by atoms with van der Waals surface area (Å²) in [6, 6.07) is 21.6. The molecule has 0 bridgehead atoms. The Hall–Kier alpha value is -2.80. The summed E-state index contributed by atoms with van der Waals surface area (Å²) in [4.78, 5) is 20.3. The fourth-order valence-electron chi connectivity index (χ4n) is 2.07. The predicted octanol–water partition coefficient (Wildman–Crippen LogP) is 1.55. The van der Waals surface area contributed by atoms with Gasteiger partial charge in [-0.15, -0.1) is 6.58 Å². The fraction of sp³-hybridized carbons (Fsp3) is 0.0435. The van der Waals surface area contributed by atoms with Gasteiger partial charge in [0.15, 0.2) is 0 Å². The predicted molar refractivity (Wildman–Crippen MR) is 111 cm³/mol. The van der Waals surface area contributed by atoms with E-state index in [4.69, 9.17) is 10.2 Å². The van der Waals surface area contributed by atoms with Crippen molar-refractivity contribution in [2.75, 3.05) is 0 Å². The first kappa shape index (κ1) is 27.2. The molecule has 0 aliphatic carbocycles. The molecule has 0 unspecified atom stereocenters. The monoisotopic (exact) mass is 432 g/mol. The summed E-state index contributed by atoms with van der Waals surface area (Å²) >= 11 is 0. The van der Waals surface area contributed by atoms with Crippen LogP contribution >= 0.6 is 0 Å². The van der Waals surface area contributed by atoms with Crippen molar-refractivity contribution in [2.24, 2.45) is 0 Å². The van der Waals surface area contributed by atoms with E-state index in [1.54, 1.807) is 12.1 Å². The summed E-state index contributed by atoms with van der Waals surface area (Å²) in [5, 5.41) is 38.0. The van der Waals surface area contributed by atoms with Crippen molar-refractivity contribution in [3.63, 3.8) is 0 Å². The minimum atomic E-state index is -1.36. The molecule has 0 aromatic heterocycles. The van der Waals surface area contributed by atoms with Crippen molar-refractivity contribution in [3.05, 3.63) is 108 Å². The Kier molecular flexibility index (Phi) is 13.7. The molecule has 0 aliphatic rings. The number of benzene rings is 3. The Labute approximate surface area is 204 Å². The third-order valence-electron chi connectivity index (χ3n) is 3.47. The minimum absolute atomic E-state index is 0. The summed E-state index contributed by atoms with van der Waals surface area (Å²) in [7, 11) is 0. The van der Waals surface area contributed by atoms with E-state index in [-0.39, 0.29) is 60.4 Å². The first-order valence-corrected chi connectivity index (χ1v) is 8.50. The molecule has 2 N–H and O–H groups in total. The summed E-state index contributed by atoms with van der Waals surface area (Å²) in [6.45, 7) is 3.66. The van der Waals surface area contributed by atoms with Crippen molar-refractivity contribution < 1.29 is 30.0 Å². The molecule has 6 nitrogen and oxygen atoms in total. The van der Waals surface area contributed by atoms with Gasteiger partial charge in [-0.1, -0.05) is 60.7 Å². The minimum Gasteiger partial charge on any atom is -0.545 e. The molecule has 3 aromatic carbocycles. The number of carboxylic acid groups (broad SMARTS) is 2. The quantitative estimate of drug-likeness (QED) is 0.477. The van der Waals surface area contributed by atoms with Gasteiger partial charge < -0.3 is 30.0 Å². The fourth-order valence-corrected chi connectivity index (χ4v) is 2.07. The summed E-state index contributed by atoms with van der Waals surface area (Å²) in [5.41, 5.74) is 0.970. The van der Waals surface area contributed by atoms with Crippen LogP contribution in [0.15, 0.2) is 91.5 Å². The van der Waals surface area contributed by atoms with Gasteiger partial charge in [-0.2, -0.15) is 0 Å². The van der Waals surface area contributed by atoms with E-state index < -0.39 is 11.9 Å². The average molecular weight is 432 g/mol. The van der Waals surface area contributed by atoms with E-state index in [9.17, 15) is 19.8 Å². The van der Waals surface area contributed by atoms with Crippen LogP contribution in [0.25, 0.3) is 0 Å². The van der Waals surface area contributed by atoms with Crippen molar-refractivity contribution in [1.29, 1.82) is 0 Å². The van der Waals surface area contributed by atoms with Crippen molar-refractivity contribution in [1.82, 2.24) is 0 Å². The molecule has 0 saturated carbocycles. The molecule has 3 rings (SSSR count). The molecule has 3 aromatic rings. The molecule has 0 saturated heterocycles. The van der Waals surface area contributed by atoms with Crippen LogP contribution in [-0.2, 0) is 6.42 Å². The van der Waals surface area contributed by atoms with Crippen LogP contribution in [0.2, 0.25) is 0 Å². The van der Waals surface area contributed by atoms with Gasteiger partial charge in [0.25, 0.3) is 0 Å². The maximum atomic E-state index is 10.2. The summed E-state index contributed by atoms with van der Waals surface area (Å²) in [6.07, 6.45) is 2.89. The number of aromatic carboxylic acids is 2. The van der Waals surface area contributed by atoms with Gasteiger partial charge in [0.1, 0.15) is 11.5 Å². The van der Waals surface area contributed by atoms with E-state index >= 15 is 0 Å². The SMILES string of the molecule is C=CCc1ccccc1.O=C([O-])c1ccccc1O.O=C([O-])c1ccccc1O.[Ca+2]. The second kappa shape index (κ2) is 15.1. The number of phenols is 2. The van der Waals surface area contributed by atoms with Crippen LogP contribution in [0.5, 0.6) is 11.5 Å². The van der Waals surface area contributed by atoms with E-state index in [1.807, 2.05) is 24.3 Å². The van der Waals surface area contributed by atoms with Crippen LogP contribution < -0.4 is 10.2 Å². The molecule has 0 atom stereocenters.